The maximum absolute atomic E-state index is 10.1. The number of carboxylic acid groups (broad SMARTS) is 1. The van der Waals surface area contributed by atoms with Crippen molar-refractivity contribution < 1.29 is 20.4 Å². The zero-order valence-corrected chi connectivity index (χ0v) is 5.09. The lowest BCUT2D eigenvalue weighted by Gasteiger charge is -1.87. The van der Waals surface area contributed by atoms with Crippen LogP contribution in [0.2, 0.25) is 0 Å². The van der Waals surface area contributed by atoms with E-state index in [1.807, 2.05) is 0 Å². The predicted octanol–water partition coefficient (Wildman–Crippen LogP) is -0.990. The highest BCUT2D eigenvalue weighted by atomic mass is 16.4. The third-order valence-electron chi connectivity index (χ3n) is 0.846. The van der Waals surface area contributed by atoms with E-state index >= 15 is 0 Å². The molecule has 0 spiro atoms. The Balaban J connectivity index is 3.10. The minimum atomic E-state index is -0.865. The Bertz CT molecular complexity index is 107. The first-order valence-corrected chi connectivity index (χ1v) is 2.69. The summed E-state index contributed by atoms with van der Waals surface area (Å²) >= 11 is 0. The maximum Gasteiger partial charge on any atom is 0.308 e. The molecule has 0 bridgehead atoms. The van der Waals surface area contributed by atoms with Gasteiger partial charge in [-0.1, -0.05) is 0 Å². The lowest BCUT2D eigenvalue weighted by atomic mass is 10.2. The van der Waals surface area contributed by atoms with Gasteiger partial charge in [-0.3, -0.25) is 10.5 Å². The SMILES string of the molecule is [NH3+]C(=O)CCCC(=O)O. The van der Waals surface area contributed by atoms with E-state index in [4.69, 9.17) is 5.11 Å². The van der Waals surface area contributed by atoms with E-state index in [1.54, 1.807) is 0 Å². The van der Waals surface area contributed by atoms with Gasteiger partial charge in [-0.25, -0.2) is 4.79 Å². The molecule has 0 rings (SSSR count). The quantitative estimate of drug-likeness (QED) is 0.515. The molecule has 0 aliphatic carbocycles. The predicted molar refractivity (Wildman–Crippen MR) is 29.4 cm³/mol. The Morgan fingerprint density at radius 1 is 1.33 bits per heavy atom. The number of carbonyl (C=O) groups excluding carboxylic acids is 1. The first-order valence-electron chi connectivity index (χ1n) is 2.69. The molecule has 0 unspecified atom stereocenters. The van der Waals surface area contributed by atoms with Gasteiger partial charge in [0.2, 0.25) is 0 Å². The molecule has 0 aliphatic rings. The normalized spacial score (nSPS) is 9.00. The van der Waals surface area contributed by atoms with Crippen molar-refractivity contribution >= 4 is 11.9 Å². The van der Waals surface area contributed by atoms with Crippen LogP contribution in [-0.4, -0.2) is 17.0 Å². The second-order valence-corrected chi connectivity index (χ2v) is 1.79. The zero-order valence-electron chi connectivity index (χ0n) is 5.09. The Hall–Kier alpha value is -0.900. The molecule has 0 aromatic rings. The van der Waals surface area contributed by atoms with Crippen LogP contribution in [0.15, 0.2) is 0 Å². The zero-order chi connectivity index (χ0) is 7.28. The highest BCUT2D eigenvalue weighted by Gasteiger charge is 2.00. The highest BCUT2D eigenvalue weighted by molar-refractivity contribution is 5.68. The molecule has 9 heavy (non-hydrogen) atoms. The van der Waals surface area contributed by atoms with Gasteiger partial charge in [-0.15, -0.1) is 0 Å². The van der Waals surface area contributed by atoms with Crippen LogP contribution in [0.3, 0.4) is 0 Å². The fourth-order valence-electron chi connectivity index (χ4n) is 0.437. The molecule has 0 saturated heterocycles. The highest BCUT2D eigenvalue weighted by Crippen LogP contribution is 1.91. The number of hydrogen-bond acceptors (Lipinski definition) is 2. The van der Waals surface area contributed by atoms with Crippen molar-refractivity contribution in [2.24, 2.45) is 0 Å². The Kier molecular flexibility index (Phi) is 3.62. The van der Waals surface area contributed by atoms with Crippen molar-refractivity contribution in [3.05, 3.63) is 0 Å². The van der Waals surface area contributed by atoms with Gasteiger partial charge in [0.05, 0.1) is 6.42 Å². The fraction of sp³-hybridized carbons (Fsp3) is 0.600. The number of carboxylic acids is 1. The summed E-state index contributed by atoms with van der Waals surface area (Å²) in [5.41, 5.74) is 3.10. The van der Waals surface area contributed by atoms with Crippen molar-refractivity contribution in [3.8, 4) is 0 Å². The van der Waals surface area contributed by atoms with Crippen LogP contribution in [0.4, 0.5) is 0 Å². The Labute approximate surface area is 52.7 Å². The number of rotatable bonds is 4. The first kappa shape index (κ1) is 8.10. The minimum Gasteiger partial charge on any atom is -0.481 e. The van der Waals surface area contributed by atoms with Gasteiger partial charge in [-0.05, 0) is 6.42 Å². The van der Waals surface area contributed by atoms with E-state index in [-0.39, 0.29) is 18.7 Å². The van der Waals surface area contributed by atoms with Crippen LogP contribution >= 0.6 is 0 Å². The van der Waals surface area contributed by atoms with E-state index in [9.17, 15) is 9.59 Å². The monoisotopic (exact) mass is 132 g/mol. The van der Waals surface area contributed by atoms with Crippen LogP contribution in [0.25, 0.3) is 0 Å². The standard InChI is InChI=1S/C5H9NO3/c6-4(7)2-1-3-5(8)9/h1-3H2,(H2,6,7)(H,8,9)/p+1. The smallest absolute Gasteiger partial charge is 0.308 e. The van der Waals surface area contributed by atoms with Crippen molar-refractivity contribution in [1.29, 1.82) is 0 Å². The molecule has 4 heteroatoms. The molecule has 0 atom stereocenters. The molecule has 1 amide bonds. The van der Waals surface area contributed by atoms with Gasteiger partial charge < -0.3 is 5.11 Å². The van der Waals surface area contributed by atoms with Crippen LogP contribution in [0, 0.1) is 0 Å². The number of aliphatic carboxylic acids is 1. The molecule has 0 aliphatic heterocycles. The van der Waals surface area contributed by atoms with Gasteiger partial charge in [-0.2, -0.15) is 0 Å². The summed E-state index contributed by atoms with van der Waals surface area (Å²) < 4.78 is 0. The van der Waals surface area contributed by atoms with E-state index in [1.165, 1.54) is 0 Å². The van der Waals surface area contributed by atoms with Gasteiger partial charge in [0, 0.05) is 6.42 Å². The average molecular weight is 132 g/mol. The molecule has 52 valence electrons. The lowest BCUT2D eigenvalue weighted by Crippen LogP contribution is -2.56. The molecular weight excluding hydrogens is 122 g/mol. The van der Waals surface area contributed by atoms with Crippen molar-refractivity contribution in [2.45, 2.75) is 19.3 Å². The molecule has 4 N–H and O–H groups in total. The summed E-state index contributed by atoms with van der Waals surface area (Å²) in [4.78, 5) is 20.0. The van der Waals surface area contributed by atoms with Gasteiger partial charge in [0.1, 0.15) is 0 Å². The van der Waals surface area contributed by atoms with Crippen LogP contribution in [0.5, 0.6) is 0 Å². The van der Waals surface area contributed by atoms with Crippen LogP contribution in [0.1, 0.15) is 19.3 Å². The number of carbonyl (C=O) groups is 2. The van der Waals surface area contributed by atoms with Crippen LogP contribution in [-0.2, 0) is 9.59 Å². The Morgan fingerprint density at radius 3 is 2.22 bits per heavy atom. The largest absolute Gasteiger partial charge is 0.481 e. The number of hydrogen-bond donors (Lipinski definition) is 2. The maximum atomic E-state index is 10.1. The molecule has 0 radical (unpaired) electrons. The molecule has 0 aromatic heterocycles. The number of quaternary nitrogens is 1. The van der Waals surface area contributed by atoms with E-state index in [2.05, 4.69) is 5.73 Å². The third kappa shape index (κ3) is 7.10. The first-order chi connectivity index (χ1) is 4.13. The summed E-state index contributed by atoms with van der Waals surface area (Å²) in [6.45, 7) is 0. The summed E-state index contributed by atoms with van der Waals surface area (Å²) in [7, 11) is 0. The fourth-order valence-corrected chi connectivity index (χ4v) is 0.437. The topological polar surface area (TPSA) is 82.0 Å². The van der Waals surface area contributed by atoms with E-state index < -0.39 is 5.97 Å². The van der Waals surface area contributed by atoms with Gasteiger partial charge in [0.25, 0.3) is 0 Å². The summed E-state index contributed by atoms with van der Waals surface area (Å²) in [6, 6.07) is 0. The third-order valence-corrected chi connectivity index (χ3v) is 0.846. The molecule has 4 nitrogen and oxygen atoms in total. The molecule has 0 heterocycles. The average Bonchev–Trinajstić information content (AvgIpc) is 1.63. The second kappa shape index (κ2) is 4.03. The Morgan fingerprint density at radius 2 is 1.89 bits per heavy atom. The molecule has 0 aromatic carbocycles. The summed E-state index contributed by atoms with van der Waals surface area (Å²) in [5.74, 6) is -1.06. The van der Waals surface area contributed by atoms with E-state index in [0.717, 1.165) is 0 Å². The van der Waals surface area contributed by atoms with Crippen molar-refractivity contribution in [1.82, 2.24) is 0 Å². The molecular formula is C5H10NO3+. The minimum absolute atomic E-state index is 0.0568. The molecule has 0 saturated carbocycles. The van der Waals surface area contributed by atoms with E-state index in [0.29, 0.717) is 6.42 Å². The second-order valence-electron chi connectivity index (χ2n) is 1.79. The summed E-state index contributed by atoms with van der Waals surface area (Å²) in [5, 5.41) is 8.09. The van der Waals surface area contributed by atoms with Crippen molar-refractivity contribution in [2.75, 3.05) is 0 Å². The number of amides is 1. The van der Waals surface area contributed by atoms with Gasteiger partial charge >= 0.3 is 11.9 Å². The van der Waals surface area contributed by atoms with Gasteiger partial charge in [0.15, 0.2) is 0 Å². The van der Waals surface area contributed by atoms with Crippen LogP contribution < -0.4 is 5.73 Å². The lowest BCUT2D eigenvalue weighted by molar-refractivity contribution is -0.305. The summed E-state index contributed by atoms with van der Waals surface area (Å²) in [6.07, 6.45) is 0.727. The van der Waals surface area contributed by atoms with Crippen molar-refractivity contribution in [3.63, 3.8) is 0 Å². The molecule has 0 fully saturated rings.